The number of hydrogen-bond donors (Lipinski definition) is 1. The summed E-state index contributed by atoms with van der Waals surface area (Å²) in [4.78, 5) is 29.1. The van der Waals surface area contributed by atoms with Crippen LogP contribution >= 0.6 is 39.1 Å². The third-order valence-electron chi connectivity index (χ3n) is 6.26. The molecule has 11 heteroatoms. The quantitative estimate of drug-likeness (QED) is 0.224. The van der Waals surface area contributed by atoms with E-state index in [0.29, 0.717) is 32.3 Å². The van der Waals surface area contributed by atoms with E-state index in [1.54, 1.807) is 42.5 Å². The lowest BCUT2D eigenvalue weighted by Gasteiger charge is -2.34. The number of rotatable bonds is 13. The fraction of sp³-hybridized carbons (Fsp3) is 0.310. The number of halogens is 3. The third-order valence-corrected chi connectivity index (χ3v) is 8.64. The predicted molar refractivity (Wildman–Crippen MR) is 165 cm³/mol. The number of amides is 2. The fourth-order valence-electron chi connectivity index (χ4n) is 4.14. The molecule has 0 aliphatic rings. The van der Waals surface area contributed by atoms with Crippen LogP contribution in [-0.2, 0) is 32.6 Å². The highest BCUT2D eigenvalue weighted by atomic mass is 79.9. The summed E-state index contributed by atoms with van der Waals surface area (Å²) >= 11 is 16.0. The summed E-state index contributed by atoms with van der Waals surface area (Å²) in [6, 6.07) is 20.1. The van der Waals surface area contributed by atoms with E-state index in [9.17, 15) is 18.0 Å². The van der Waals surface area contributed by atoms with Gasteiger partial charge in [0.05, 0.1) is 11.9 Å². The molecule has 1 atom stereocenters. The van der Waals surface area contributed by atoms with Crippen molar-refractivity contribution < 1.29 is 18.0 Å². The third kappa shape index (κ3) is 8.96. The molecule has 0 radical (unpaired) electrons. The van der Waals surface area contributed by atoms with Crippen LogP contribution in [0.25, 0.3) is 0 Å². The van der Waals surface area contributed by atoms with Gasteiger partial charge in [-0.05, 0) is 57.7 Å². The second kappa shape index (κ2) is 14.9. The number of sulfonamides is 1. The van der Waals surface area contributed by atoms with Gasteiger partial charge in [0.25, 0.3) is 0 Å². The molecule has 1 unspecified atom stereocenters. The van der Waals surface area contributed by atoms with Gasteiger partial charge in [-0.15, -0.1) is 0 Å². The van der Waals surface area contributed by atoms with Crippen LogP contribution in [0.5, 0.6) is 0 Å². The van der Waals surface area contributed by atoms with Crippen molar-refractivity contribution in [2.75, 3.05) is 23.7 Å². The SMILES string of the molecule is CCCCNC(=O)C(Cc1ccccc1)N(Cc1ccc(Cl)cc1Cl)C(=O)CN(c1ccccc1Br)S(C)(=O)=O. The molecule has 0 aromatic heterocycles. The van der Waals surface area contributed by atoms with E-state index in [0.717, 1.165) is 29.0 Å². The first-order valence-corrected chi connectivity index (χ1v) is 16.2. The molecule has 3 aromatic rings. The number of benzene rings is 3. The van der Waals surface area contributed by atoms with Gasteiger partial charge in [0.2, 0.25) is 21.8 Å². The molecule has 0 saturated heterocycles. The predicted octanol–water partition coefficient (Wildman–Crippen LogP) is 6.08. The first-order valence-electron chi connectivity index (χ1n) is 12.8. The Balaban J connectivity index is 2.07. The van der Waals surface area contributed by atoms with Gasteiger partial charge in [0, 0.05) is 34.0 Å². The maximum Gasteiger partial charge on any atom is 0.244 e. The maximum absolute atomic E-state index is 14.1. The van der Waals surface area contributed by atoms with Crippen molar-refractivity contribution in [2.24, 2.45) is 0 Å². The van der Waals surface area contributed by atoms with E-state index in [1.807, 2.05) is 37.3 Å². The number of para-hydroxylation sites is 1. The van der Waals surface area contributed by atoms with Crippen LogP contribution < -0.4 is 9.62 Å². The second-order valence-corrected chi connectivity index (χ2v) is 12.9. The minimum atomic E-state index is -3.87. The van der Waals surface area contributed by atoms with Crippen LogP contribution in [0.3, 0.4) is 0 Å². The largest absolute Gasteiger partial charge is 0.354 e. The average Bonchev–Trinajstić information content (AvgIpc) is 2.91. The molecule has 0 aliphatic carbocycles. The van der Waals surface area contributed by atoms with Crippen molar-refractivity contribution in [3.63, 3.8) is 0 Å². The molecule has 3 rings (SSSR count). The zero-order valence-corrected chi connectivity index (χ0v) is 26.2. The molecule has 0 heterocycles. The standard InChI is InChI=1S/C29H32BrCl2N3O4S/c1-3-4-16-33-29(37)27(17-21-10-6-5-7-11-21)34(19-22-14-15-23(31)18-25(22)32)28(36)20-35(40(2,38)39)26-13-9-8-12-24(26)30/h5-15,18,27H,3-4,16-17,19-20H2,1-2H3,(H,33,37). The molecular formula is C29H32BrCl2N3O4S. The Bertz CT molecular complexity index is 1420. The molecule has 0 spiro atoms. The summed E-state index contributed by atoms with van der Waals surface area (Å²) in [5.41, 5.74) is 1.74. The van der Waals surface area contributed by atoms with Crippen molar-refractivity contribution in [1.29, 1.82) is 0 Å². The zero-order chi connectivity index (χ0) is 29.3. The van der Waals surface area contributed by atoms with E-state index in [2.05, 4.69) is 21.2 Å². The topological polar surface area (TPSA) is 86.8 Å². The van der Waals surface area contributed by atoms with Gasteiger partial charge in [-0.25, -0.2) is 8.42 Å². The molecule has 214 valence electrons. The van der Waals surface area contributed by atoms with E-state index >= 15 is 0 Å². The smallest absolute Gasteiger partial charge is 0.244 e. The zero-order valence-electron chi connectivity index (χ0n) is 22.3. The van der Waals surface area contributed by atoms with Crippen LogP contribution in [0.1, 0.15) is 30.9 Å². The van der Waals surface area contributed by atoms with Crippen LogP contribution in [-0.4, -0.2) is 50.5 Å². The van der Waals surface area contributed by atoms with Crippen LogP contribution in [0, 0.1) is 0 Å². The Hall–Kier alpha value is -2.59. The Morgan fingerprint density at radius 2 is 1.68 bits per heavy atom. The second-order valence-electron chi connectivity index (χ2n) is 9.33. The van der Waals surface area contributed by atoms with E-state index < -0.39 is 28.5 Å². The number of nitrogens with zero attached hydrogens (tertiary/aromatic N) is 2. The Labute approximate surface area is 254 Å². The summed E-state index contributed by atoms with van der Waals surface area (Å²) in [7, 11) is -3.87. The summed E-state index contributed by atoms with van der Waals surface area (Å²) in [6.45, 7) is 1.94. The molecular weight excluding hydrogens is 637 g/mol. The van der Waals surface area contributed by atoms with Crippen LogP contribution in [0.4, 0.5) is 5.69 Å². The minimum Gasteiger partial charge on any atom is -0.354 e. The summed E-state index contributed by atoms with van der Waals surface area (Å²) in [5, 5.41) is 3.71. The monoisotopic (exact) mass is 667 g/mol. The lowest BCUT2D eigenvalue weighted by atomic mass is 10.0. The molecule has 0 fully saturated rings. The van der Waals surface area contributed by atoms with Crippen molar-refractivity contribution >= 4 is 66.7 Å². The summed E-state index contributed by atoms with van der Waals surface area (Å²) in [5.74, 6) is -0.888. The molecule has 2 amide bonds. The lowest BCUT2D eigenvalue weighted by Crippen LogP contribution is -2.53. The van der Waals surface area contributed by atoms with Gasteiger partial charge >= 0.3 is 0 Å². The highest BCUT2D eigenvalue weighted by molar-refractivity contribution is 9.10. The summed E-state index contributed by atoms with van der Waals surface area (Å²) in [6.07, 6.45) is 2.94. The Morgan fingerprint density at radius 3 is 2.30 bits per heavy atom. The number of carbonyl (C=O) groups is 2. The van der Waals surface area contributed by atoms with E-state index in [-0.39, 0.29) is 18.9 Å². The molecule has 1 N–H and O–H groups in total. The van der Waals surface area contributed by atoms with Crippen molar-refractivity contribution in [3.05, 3.63) is 98.4 Å². The minimum absolute atomic E-state index is 0.0267. The number of nitrogens with one attached hydrogen (secondary N) is 1. The number of carbonyl (C=O) groups excluding carboxylic acids is 2. The van der Waals surface area contributed by atoms with Gasteiger partial charge in [0.15, 0.2) is 0 Å². The van der Waals surface area contributed by atoms with E-state index in [4.69, 9.17) is 23.2 Å². The fourth-order valence-corrected chi connectivity index (χ4v) is 6.09. The molecule has 7 nitrogen and oxygen atoms in total. The van der Waals surface area contributed by atoms with Gasteiger partial charge in [0.1, 0.15) is 12.6 Å². The summed E-state index contributed by atoms with van der Waals surface area (Å²) < 4.78 is 27.3. The van der Waals surface area contributed by atoms with Gasteiger partial charge < -0.3 is 10.2 Å². The first-order chi connectivity index (χ1) is 19.0. The van der Waals surface area contributed by atoms with Gasteiger partial charge in [-0.2, -0.15) is 0 Å². The average molecular weight is 669 g/mol. The number of anilines is 1. The Kier molecular flexibility index (Phi) is 11.9. The van der Waals surface area contributed by atoms with Crippen molar-refractivity contribution in [2.45, 2.75) is 38.8 Å². The highest BCUT2D eigenvalue weighted by Crippen LogP contribution is 2.29. The molecule has 0 aliphatic heterocycles. The van der Waals surface area contributed by atoms with E-state index in [1.165, 1.54) is 4.90 Å². The lowest BCUT2D eigenvalue weighted by molar-refractivity contribution is -0.140. The highest BCUT2D eigenvalue weighted by Gasteiger charge is 2.33. The Morgan fingerprint density at radius 1 is 1.00 bits per heavy atom. The molecule has 0 saturated carbocycles. The molecule has 40 heavy (non-hydrogen) atoms. The maximum atomic E-state index is 14.1. The van der Waals surface area contributed by atoms with Crippen LogP contribution in [0.15, 0.2) is 77.3 Å². The molecule has 0 bridgehead atoms. The number of unbranched alkanes of at least 4 members (excludes halogenated alkanes) is 1. The van der Waals surface area contributed by atoms with Gasteiger partial charge in [-0.1, -0.05) is 85.1 Å². The first kappa shape index (κ1) is 31.9. The van der Waals surface area contributed by atoms with Crippen molar-refractivity contribution in [1.82, 2.24) is 10.2 Å². The van der Waals surface area contributed by atoms with Crippen molar-refractivity contribution in [3.8, 4) is 0 Å². The normalized spacial score (nSPS) is 12.0. The number of hydrogen-bond acceptors (Lipinski definition) is 4. The van der Waals surface area contributed by atoms with Crippen LogP contribution in [0.2, 0.25) is 10.0 Å². The van der Waals surface area contributed by atoms with Gasteiger partial charge in [-0.3, -0.25) is 13.9 Å². The molecule has 3 aromatic carbocycles.